The number of anilines is 1. The number of H-pyrrole nitrogens is 1. The highest BCUT2D eigenvalue weighted by Gasteiger charge is 2.03. The van der Waals surface area contributed by atoms with Crippen LogP contribution in [0.25, 0.3) is 0 Å². The lowest BCUT2D eigenvalue weighted by Crippen LogP contribution is -2.13. The van der Waals surface area contributed by atoms with Crippen molar-refractivity contribution in [3.8, 4) is 0 Å². The minimum absolute atomic E-state index is 0.538. The molecule has 0 radical (unpaired) electrons. The van der Waals surface area contributed by atoms with Crippen molar-refractivity contribution in [2.45, 2.75) is 0 Å². The summed E-state index contributed by atoms with van der Waals surface area (Å²) < 4.78 is 0. The second kappa shape index (κ2) is 3.09. The number of amidine groups is 1. The van der Waals surface area contributed by atoms with Gasteiger partial charge in [-0.05, 0) is 6.07 Å². The van der Waals surface area contributed by atoms with E-state index in [9.17, 15) is 0 Å². The molecule has 60 valence electrons. The van der Waals surface area contributed by atoms with Gasteiger partial charge >= 0.3 is 0 Å². The molecule has 0 aliphatic rings. The van der Waals surface area contributed by atoms with E-state index in [0.717, 1.165) is 11.4 Å². The molecule has 1 aromatic heterocycles. The van der Waals surface area contributed by atoms with Gasteiger partial charge in [-0.2, -0.15) is 0 Å². The van der Waals surface area contributed by atoms with Crippen molar-refractivity contribution in [3.05, 3.63) is 17.8 Å². The number of nitrogens with two attached hydrogens (primary N) is 1. The van der Waals surface area contributed by atoms with E-state index in [4.69, 9.17) is 5.73 Å². The Balaban J connectivity index is 3.02. The lowest BCUT2D eigenvalue weighted by Gasteiger charge is -2.00. The van der Waals surface area contributed by atoms with E-state index in [1.807, 2.05) is 19.3 Å². The fraction of sp³-hybridized carbons (Fsp3) is 0.286. The van der Waals surface area contributed by atoms with Crippen LogP contribution < -0.4 is 11.1 Å². The zero-order valence-electron chi connectivity index (χ0n) is 6.68. The maximum atomic E-state index is 5.61. The predicted octanol–water partition coefficient (Wildman–Crippen LogP) is 0.391. The first-order chi connectivity index (χ1) is 5.29. The fourth-order valence-corrected chi connectivity index (χ4v) is 0.910. The summed E-state index contributed by atoms with van der Waals surface area (Å²) in [6.07, 6.45) is 1.82. The molecule has 0 bridgehead atoms. The molecule has 0 aliphatic heterocycles. The van der Waals surface area contributed by atoms with Gasteiger partial charge in [-0.15, -0.1) is 0 Å². The molecule has 4 N–H and O–H groups in total. The second-order valence-electron chi connectivity index (χ2n) is 2.13. The summed E-state index contributed by atoms with van der Waals surface area (Å²) in [6.45, 7) is 0. The molecule has 0 amide bonds. The molecule has 0 saturated heterocycles. The third-order valence-electron chi connectivity index (χ3n) is 1.51. The summed E-state index contributed by atoms with van der Waals surface area (Å²) in [5.41, 5.74) is 6.52. The molecule has 0 aliphatic carbocycles. The summed E-state index contributed by atoms with van der Waals surface area (Å²) in [5.74, 6) is 1.43. The Morgan fingerprint density at radius 1 is 1.73 bits per heavy atom. The van der Waals surface area contributed by atoms with E-state index in [2.05, 4.69) is 15.3 Å². The van der Waals surface area contributed by atoms with E-state index < -0.39 is 0 Å². The number of hydrogen-bond donors (Lipinski definition) is 3. The van der Waals surface area contributed by atoms with Crippen LogP contribution in [0.3, 0.4) is 0 Å². The molecule has 0 fully saturated rings. The minimum atomic E-state index is 0.538. The van der Waals surface area contributed by atoms with Crippen LogP contribution in [-0.4, -0.2) is 24.9 Å². The summed E-state index contributed by atoms with van der Waals surface area (Å²) in [5, 5.41) is 2.97. The summed E-state index contributed by atoms with van der Waals surface area (Å²) in [6, 6.07) is 1.88. The summed E-state index contributed by atoms with van der Waals surface area (Å²) >= 11 is 0. The van der Waals surface area contributed by atoms with Crippen LogP contribution in [-0.2, 0) is 0 Å². The average Bonchev–Trinajstić information content (AvgIpc) is 2.50. The SMILES string of the molecule is CN=C(N)c1cc[nH]c1NC. The molecule has 1 aromatic rings. The average molecular weight is 152 g/mol. The normalized spacial score (nSPS) is 11.6. The van der Waals surface area contributed by atoms with Crippen LogP contribution in [0.4, 0.5) is 5.82 Å². The maximum Gasteiger partial charge on any atom is 0.129 e. The second-order valence-corrected chi connectivity index (χ2v) is 2.13. The molecule has 0 spiro atoms. The van der Waals surface area contributed by atoms with Crippen molar-refractivity contribution >= 4 is 11.7 Å². The Labute approximate surface area is 65.5 Å². The zero-order chi connectivity index (χ0) is 8.27. The Hall–Kier alpha value is -1.45. The molecule has 0 atom stereocenters. The lowest BCUT2D eigenvalue weighted by molar-refractivity contribution is 1.33. The topological polar surface area (TPSA) is 66.2 Å². The Morgan fingerprint density at radius 2 is 2.45 bits per heavy atom. The van der Waals surface area contributed by atoms with Gasteiger partial charge < -0.3 is 16.0 Å². The van der Waals surface area contributed by atoms with E-state index >= 15 is 0 Å². The molecule has 11 heavy (non-hydrogen) atoms. The van der Waals surface area contributed by atoms with Gasteiger partial charge in [0, 0.05) is 20.3 Å². The molecule has 0 saturated carbocycles. The highest BCUT2D eigenvalue weighted by Crippen LogP contribution is 2.10. The van der Waals surface area contributed by atoms with Crippen LogP contribution in [0.5, 0.6) is 0 Å². The standard InChI is InChI=1S/C7H12N4/c1-9-6(8)5-3-4-11-7(5)10-2/h3-4,10-11H,1-2H3,(H2,8,9). The van der Waals surface area contributed by atoms with Gasteiger partial charge in [0.15, 0.2) is 0 Å². The number of aromatic nitrogens is 1. The van der Waals surface area contributed by atoms with Crippen molar-refractivity contribution in [2.24, 2.45) is 10.7 Å². The van der Waals surface area contributed by atoms with Crippen molar-refractivity contribution in [2.75, 3.05) is 19.4 Å². The fourth-order valence-electron chi connectivity index (χ4n) is 0.910. The van der Waals surface area contributed by atoms with Crippen molar-refractivity contribution in [1.82, 2.24) is 4.98 Å². The van der Waals surface area contributed by atoms with Gasteiger partial charge in [0.1, 0.15) is 11.7 Å². The van der Waals surface area contributed by atoms with Crippen LogP contribution in [0.1, 0.15) is 5.56 Å². The molecule has 4 heteroatoms. The molecular formula is C7H12N4. The Kier molecular flexibility index (Phi) is 2.15. The third-order valence-corrected chi connectivity index (χ3v) is 1.51. The van der Waals surface area contributed by atoms with E-state index in [1.54, 1.807) is 7.05 Å². The predicted molar refractivity (Wildman–Crippen MR) is 47.0 cm³/mol. The van der Waals surface area contributed by atoms with Crippen LogP contribution >= 0.6 is 0 Å². The van der Waals surface area contributed by atoms with Crippen molar-refractivity contribution < 1.29 is 0 Å². The number of nitrogens with one attached hydrogen (secondary N) is 2. The van der Waals surface area contributed by atoms with Crippen molar-refractivity contribution in [3.63, 3.8) is 0 Å². The first-order valence-corrected chi connectivity index (χ1v) is 3.37. The number of aromatic amines is 1. The van der Waals surface area contributed by atoms with Gasteiger partial charge in [0.05, 0.1) is 5.56 Å². The monoisotopic (exact) mass is 152 g/mol. The van der Waals surface area contributed by atoms with Crippen LogP contribution in [0, 0.1) is 0 Å². The quantitative estimate of drug-likeness (QED) is 0.424. The van der Waals surface area contributed by atoms with E-state index in [1.165, 1.54) is 0 Å². The van der Waals surface area contributed by atoms with E-state index in [0.29, 0.717) is 5.84 Å². The molecule has 1 heterocycles. The first-order valence-electron chi connectivity index (χ1n) is 3.37. The van der Waals surface area contributed by atoms with Crippen LogP contribution in [0.15, 0.2) is 17.3 Å². The molecule has 1 rings (SSSR count). The maximum absolute atomic E-state index is 5.61. The van der Waals surface area contributed by atoms with Gasteiger partial charge in [0.2, 0.25) is 0 Å². The smallest absolute Gasteiger partial charge is 0.129 e. The van der Waals surface area contributed by atoms with Crippen molar-refractivity contribution in [1.29, 1.82) is 0 Å². The Bertz CT molecular complexity index is 261. The number of rotatable bonds is 2. The Morgan fingerprint density at radius 3 is 3.00 bits per heavy atom. The van der Waals surface area contributed by atoms with Crippen LogP contribution in [0.2, 0.25) is 0 Å². The minimum Gasteiger partial charge on any atom is -0.383 e. The highest BCUT2D eigenvalue weighted by atomic mass is 15.0. The van der Waals surface area contributed by atoms with Gasteiger partial charge in [-0.1, -0.05) is 0 Å². The summed E-state index contributed by atoms with van der Waals surface area (Å²) in [4.78, 5) is 6.87. The van der Waals surface area contributed by atoms with Gasteiger partial charge in [-0.3, -0.25) is 4.99 Å². The largest absolute Gasteiger partial charge is 0.383 e. The number of nitrogens with zero attached hydrogens (tertiary/aromatic N) is 1. The molecule has 4 nitrogen and oxygen atoms in total. The molecule has 0 aromatic carbocycles. The van der Waals surface area contributed by atoms with Gasteiger partial charge in [0.25, 0.3) is 0 Å². The summed E-state index contributed by atoms with van der Waals surface area (Å²) in [7, 11) is 3.50. The molecular weight excluding hydrogens is 140 g/mol. The zero-order valence-corrected chi connectivity index (χ0v) is 6.68. The van der Waals surface area contributed by atoms with E-state index in [-0.39, 0.29) is 0 Å². The molecule has 0 unspecified atom stereocenters. The first kappa shape index (κ1) is 7.65. The lowest BCUT2D eigenvalue weighted by atomic mass is 10.3. The highest BCUT2D eigenvalue weighted by molar-refractivity contribution is 6.01. The number of aliphatic imine (C=N–C) groups is 1. The third kappa shape index (κ3) is 1.34. The number of hydrogen-bond acceptors (Lipinski definition) is 2. The van der Waals surface area contributed by atoms with Gasteiger partial charge in [-0.25, -0.2) is 0 Å².